The fraction of sp³-hybridized carbons (Fsp3) is 0.235. The number of nitrogens with one attached hydrogen (secondary N) is 1. The predicted molar refractivity (Wildman–Crippen MR) is 87.9 cm³/mol. The summed E-state index contributed by atoms with van der Waals surface area (Å²) >= 11 is 1.74. The summed E-state index contributed by atoms with van der Waals surface area (Å²) in [5.74, 6) is 0.918. The minimum absolute atomic E-state index is 0.216. The highest BCUT2D eigenvalue weighted by Gasteiger charge is 2.11. The monoisotopic (exact) mass is 298 g/mol. The molecule has 0 radical (unpaired) electrons. The molecule has 3 aromatic rings. The fourth-order valence-electron chi connectivity index (χ4n) is 2.37. The Bertz CT molecular complexity index is 705. The number of benzene rings is 2. The number of fused-ring (bicyclic) bond motifs is 1. The molecular formula is C17H18N2OS. The zero-order valence-electron chi connectivity index (χ0n) is 12.2. The molecule has 21 heavy (non-hydrogen) atoms. The number of nitrogens with zero attached hydrogens (tertiary/aromatic N) is 1. The van der Waals surface area contributed by atoms with E-state index in [0.29, 0.717) is 0 Å². The van der Waals surface area contributed by atoms with Crippen LogP contribution in [0.4, 0.5) is 0 Å². The Kier molecular flexibility index (Phi) is 4.18. The third-order valence-electron chi connectivity index (χ3n) is 3.50. The normalized spacial score (nSPS) is 12.5. The summed E-state index contributed by atoms with van der Waals surface area (Å²) < 4.78 is 6.65. The highest BCUT2D eigenvalue weighted by molar-refractivity contribution is 7.18. The van der Waals surface area contributed by atoms with Crippen LogP contribution in [0.1, 0.15) is 23.5 Å². The highest BCUT2D eigenvalue weighted by Crippen LogP contribution is 2.26. The topological polar surface area (TPSA) is 34.1 Å². The lowest BCUT2D eigenvalue weighted by molar-refractivity contribution is 0.401. The van der Waals surface area contributed by atoms with Crippen molar-refractivity contribution in [2.75, 3.05) is 7.11 Å². The molecule has 3 rings (SSSR count). The van der Waals surface area contributed by atoms with Crippen molar-refractivity contribution in [1.82, 2.24) is 10.3 Å². The van der Waals surface area contributed by atoms with Gasteiger partial charge in [0, 0.05) is 18.2 Å². The van der Waals surface area contributed by atoms with Crippen LogP contribution >= 0.6 is 11.3 Å². The van der Waals surface area contributed by atoms with Crippen molar-refractivity contribution >= 4 is 21.6 Å². The van der Waals surface area contributed by atoms with E-state index in [-0.39, 0.29) is 6.04 Å². The van der Waals surface area contributed by atoms with Crippen molar-refractivity contribution in [2.24, 2.45) is 0 Å². The first-order valence-electron chi connectivity index (χ1n) is 6.98. The number of thiazole rings is 1. The molecule has 0 aliphatic carbocycles. The van der Waals surface area contributed by atoms with E-state index in [1.54, 1.807) is 18.4 Å². The summed E-state index contributed by atoms with van der Waals surface area (Å²) in [6.45, 7) is 2.91. The minimum atomic E-state index is 0.216. The molecule has 0 aliphatic rings. The molecule has 0 saturated carbocycles. The first kappa shape index (κ1) is 14.0. The largest absolute Gasteiger partial charge is 0.496 e. The van der Waals surface area contributed by atoms with E-state index in [1.165, 1.54) is 10.3 Å². The number of rotatable bonds is 5. The van der Waals surface area contributed by atoms with Crippen LogP contribution in [-0.4, -0.2) is 12.1 Å². The lowest BCUT2D eigenvalue weighted by atomic mass is 10.1. The van der Waals surface area contributed by atoms with E-state index >= 15 is 0 Å². The first-order chi connectivity index (χ1) is 10.3. The molecule has 1 atom stereocenters. The van der Waals surface area contributed by atoms with E-state index in [2.05, 4.69) is 41.5 Å². The van der Waals surface area contributed by atoms with Gasteiger partial charge in [-0.1, -0.05) is 30.3 Å². The number of aromatic nitrogens is 1. The second-order valence-corrected chi connectivity index (χ2v) is 6.04. The second-order valence-electron chi connectivity index (χ2n) is 4.92. The van der Waals surface area contributed by atoms with E-state index in [1.807, 2.05) is 24.3 Å². The SMILES string of the molecule is COc1ccccc1C(C)NCc1nc2ccccc2s1. The lowest BCUT2D eigenvalue weighted by Gasteiger charge is -2.16. The van der Waals surface area contributed by atoms with Gasteiger partial charge in [0.25, 0.3) is 0 Å². The maximum atomic E-state index is 5.41. The molecule has 0 saturated heterocycles. The van der Waals surface area contributed by atoms with Crippen LogP contribution in [0.25, 0.3) is 10.2 Å². The van der Waals surface area contributed by atoms with Crippen LogP contribution in [0.15, 0.2) is 48.5 Å². The van der Waals surface area contributed by atoms with Gasteiger partial charge in [-0.2, -0.15) is 0 Å². The molecule has 2 aromatic carbocycles. The molecule has 0 aliphatic heterocycles. The van der Waals surface area contributed by atoms with E-state index < -0.39 is 0 Å². The Morgan fingerprint density at radius 1 is 1.14 bits per heavy atom. The summed E-state index contributed by atoms with van der Waals surface area (Å²) in [7, 11) is 1.71. The van der Waals surface area contributed by atoms with Gasteiger partial charge in [0.1, 0.15) is 10.8 Å². The number of hydrogen-bond donors (Lipinski definition) is 1. The Hall–Kier alpha value is -1.91. The smallest absolute Gasteiger partial charge is 0.123 e. The number of para-hydroxylation sites is 2. The quantitative estimate of drug-likeness (QED) is 0.768. The molecule has 0 spiro atoms. The van der Waals surface area contributed by atoms with Gasteiger partial charge in [0.05, 0.1) is 17.3 Å². The van der Waals surface area contributed by atoms with E-state index in [9.17, 15) is 0 Å². The molecule has 1 unspecified atom stereocenters. The molecule has 108 valence electrons. The van der Waals surface area contributed by atoms with Gasteiger partial charge in [0.15, 0.2) is 0 Å². The number of methoxy groups -OCH3 is 1. The summed E-state index contributed by atoms with van der Waals surface area (Å²) in [6.07, 6.45) is 0. The molecule has 1 N–H and O–H groups in total. The zero-order chi connectivity index (χ0) is 14.7. The van der Waals surface area contributed by atoms with Crippen LogP contribution in [0.2, 0.25) is 0 Å². The Labute approximate surface area is 128 Å². The highest BCUT2D eigenvalue weighted by atomic mass is 32.1. The van der Waals surface area contributed by atoms with Crippen molar-refractivity contribution in [1.29, 1.82) is 0 Å². The first-order valence-corrected chi connectivity index (χ1v) is 7.80. The fourth-order valence-corrected chi connectivity index (χ4v) is 3.29. The van der Waals surface area contributed by atoms with Crippen molar-refractivity contribution in [3.05, 3.63) is 59.1 Å². The molecule has 0 bridgehead atoms. The summed E-state index contributed by atoms with van der Waals surface area (Å²) in [5.41, 5.74) is 2.24. The van der Waals surface area contributed by atoms with Gasteiger partial charge in [0.2, 0.25) is 0 Å². The average Bonchev–Trinajstić information content (AvgIpc) is 2.95. The summed E-state index contributed by atoms with van der Waals surface area (Å²) in [4.78, 5) is 4.65. The van der Waals surface area contributed by atoms with Crippen molar-refractivity contribution < 1.29 is 4.74 Å². The second kappa shape index (κ2) is 6.24. The van der Waals surface area contributed by atoms with Gasteiger partial charge in [-0.05, 0) is 25.1 Å². The number of ether oxygens (including phenoxy) is 1. The standard InChI is InChI=1S/C17H18N2OS/c1-12(13-7-3-5-9-15(13)20-2)18-11-17-19-14-8-4-6-10-16(14)21-17/h3-10,12,18H,11H2,1-2H3. The Balaban J connectivity index is 1.72. The molecule has 1 heterocycles. The molecule has 0 fully saturated rings. The molecule has 0 amide bonds. The predicted octanol–water partition coefficient (Wildman–Crippen LogP) is 4.16. The van der Waals surface area contributed by atoms with Gasteiger partial charge in [-0.15, -0.1) is 11.3 Å². The molecule has 4 heteroatoms. The van der Waals surface area contributed by atoms with Gasteiger partial charge >= 0.3 is 0 Å². The van der Waals surface area contributed by atoms with Crippen LogP contribution in [-0.2, 0) is 6.54 Å². The Morgan fingerprint density at radius 2 is 1.90 bits per heavy atom. The maximum absolute atomic E-state index is 5.41. The zero-order valence-corrected chi connectivity index (χ0v) is 13.0. The van der Waals surface area contributed by atoms with Crippen LogP contribution in [0.3, 0.4) is 0 Å². The van der Waals surface area contributed by atoms with Gasteiger partial charge < -0.3 is 10.1 Å². The molecule has 3 nitrogen and oxygen atoms in total. The number of hydrogen-bond acceptors (Lipinski definition) is 4. The van der Waals surface area contributed by atoms with E-state index in [0.717, 1.165) is 22.8 Å². The summed E-state index contributed by atoms with van der Waals surface area (Å²) in [6, 6.07) is 16.6. The van der Waals surface area contributed by atoms with Crippen molar-refractivity contribution in [3.63, 3.8) is 0 Å². The molecule has 1 aromatic heterocycles. The van der Waals surface area contributed by atoms with Crippen LogP contribution in [0.5, 0.6) is 5.75 Å². The average molecular weight is 298 g/mol. The van der Waals surface area contributed by atoms with Gasteiger partial charge in [-0.3, -0.25) is 0 Å². The maximum Gasteiger partial charge on any atom is 0.123 e. The third kappa shape index (κ3) is 3.06. The summed E-state index contributed by atoms with van der Waals surface area (Å²) in [5, 5.41) is 4.63. The minimum Gasteiger partial charge on any atom is -0.496 e. The Morgan fingerprint density at radius 3 is 2.71 bits per heavy atom. The van der Waals surface area contributed by atoms with Gasteiger partial charge in [-0.25, -0.2) is 4.98 Å². The van der Waals surface area contributed by atoms with Crippen molar-refractivity contribution in [3.8, 4) is 5.75 Å². The van der Waals surface area contributed by atoms with Crippen LogP contribution < -0.4 is 10.1 Å². The molecular weight excluding hydrogens is 280 g/mol. The third-order valence-corrected chi connectivity index (χ3v) is 4.54. The van der Waals surface area contributed by atoms with Crippen LogP contribution in [0, 0.1) is 0 Å². The van der Waals surface area contributed by atoms with E-state index in [4.69, 9.17) is 4.74 Å². The van der Waals surface area contributed by atoms with Crippen molar-refractivity contribution in [2.45, 2.75) is 19.5 Å². The lowest BCUT2D eigenvalue weighted by Crippen LogP contribution is -2.18.